The molecule has 0 spiro atoms. The predicted octanol–water partition coefficient (Wildman–Crippen LogP) is 5.25. The lowest BCUT2D eigenvalue weighted by Gasteiger charge is -2.17. The molecule has 1 unspecified atom stereocenters. The van der Waals surface area contributed by atoms with Crippen LogP contribution in [0, 0.1) is 10.1 Å². The van der Waals surface area contributed by atoms with Crippen LogP contribution in [0.3, 0.4) is 0 Å². The lowest BCUT2D eigenvalue weighted by Crippen LogP contribution is -2.07. The number of anilines is 1. The van der Waals surface area contributed by atoms with E-state index >= 15 is 0 Å². The molecule has 2 rings (SSSR count). The maximum absolute atomic E-state index is 10.9. The van der Waals surface area contributed by atoms with E-state index in [1.165, 1.54) is 17.0 Å². The molecule has 4 nitrogen and oxygen atoms in total. The molecule has 110 valence electrons. The Kier molecular flexibility index (Phi) is 5.25. The van der Waals surface area contributed by atoms with Crippen LogP contribution in [0.5, 0.6) is 0 Å². The smallest absolute Gasteiger partial charge is 0.271 e. The van der Waals surface area contributed by atoms with Crippen molar-refractivity contribution >= 4 is 39.1 Å². The van der Waals surface area contributed by atoms with Gasteiger partial charge in [-0.25, -0.2) is 0 Å². The maximum atomic E-state index is 10.9. The van der Waals surface area contributed by atoms with E-state index in [1.807, 2.05) is 13.2 Å². The fourth-order valence-corrected chi connectivity index (χ4v) is 2.72. The minimum absolute atomic E-state index is 0.0548. The van der Waals surface area contributed by atoms with Crippen LogP contribution < -0.4 is 5.32 Å². The second kappa shape index (κ2) is 6.95. The third-order valence-electron chi connectivity index (χ3n) is 3.15. The van der Waals surface area contributed by atoms with E-state index in [0.29, 0.717) is 5.69 Å². The highest BCUT2D eigenvalue weighted by Crippen LogP contribution is 2.30. The highest BCUT2D eigenvalue weighted by molar-refractivity contribution is 9.10. The van der Waals surface area contributed by atoms with Crippen molar-refractivity contribution in [3.05, 3.63) is 62.6 Å². The lowest BCUT2D eigenvalue weighted by atomic mass is 10.1. The summed E-state index contributed by atoms with van der Waals surface area (Å²) >= 11 is 5.11. The molecule has 0 bridgehead atoms. The molecule has 0 aliphatic heterocycles. The second-order valence-corrected chi connectivity index (χ2v) is 6.29. The maximum Gasteiger partial charge on any atom is 0.271 e. The van der Waals surface area contributed by atoms with Crippen LogP contribution in [-0.2, 0) is 0 Å². The highest BCUT2D eigenvalue weighted by Gasteiger charge is 2.12. The number of nitro benzene ring substituents is 1. The summed E-state index contributed by atoms with van der Waals surface area (Å²) in [6.07, 6.45) is 2.04. The van der Waals surface area contributed by atoms with Gasteiger partial charge in [0.15, 0.2) is 0 Å². The molecule has 0 saturated heterocycles. The van der Waals surface area contributed by atoms with E-state index in [9.17, 15) is 10.1 Å². The fourth-order valence-electron chi connectivity index (χ4n) is 1.95. The Hall–Kier alpha value is -1.53. The van der Waals surface area contributed by atoms with Crippen LogP contribution in [-0.4, -0.2) is 11.2 Å². The van der Waals surface area contributed by atoms with Gasteiger partial charge < -0.3 is 5.32 Å². The Morgan fingerprint density at radius 3 is 2.48 bits per heavy atom. The van der Waals surface area contributed by atoms with Gasteiger partial charge >= 0.3 is 0 Å². The largest absolute Gasteiger partial charge is 0.377 e. The summed E-state index contributed by atoms with van der Waals surface area (Å²) in [4.78, 5) is 11.7. The number of benzene rings is 2. The summed E-state index contributed by atoms with van der Waals surface area (Å²) in [5.41, 5.74) is 1.92. The Balaban J connectivity index is 2.19. The molecule has 0 heterocycles. The zero-order chi connectivity index (χ0) is 15.4. The van der Waals surface area contributed by atoms with E-state index in [0.717, 1.165) is 10.0 Å². The zero-order valence-electron chi connectivity index (χ0n) is 11.7. The van der Waals surface area contributed by atoms with Gasteiger partial charge in [0.1, 0.15) is 0 Å². The van der Waals surface area contributed by atoms with Crippen LogP contribution in [0.25, 0.3) is 0 Å². The topological polar surface area (TPSA) is 55.2 Å². The second-order valence-electron chi connectivity index (χ2n) is 4.56. The van der Waals surface area contributed by atoms with Gasteiger partial charge in [0.05, 0.1) is 10.6 Å². The molecule has 2 aromatic carbocycles. The zero-order valence-corrected chi connectivity index (χ0v) is 14.1. The van der Waals surface area contributed by atoms with E-state index in [4.69, 9.17) is 0 Å². The average Bonchev–Trinajstić information content (AvgIpc) is 2.49. The number of nitrogens with one attached hydrogen (secondary N) is 1. The fraction of sp³-hybridized carbons (Fsp3) is 0.200. The minimum Gasteiger partial charge on any atom is -0.377 e. The van der Waals surface area contributed by atoms with E-state index in [-0.39, 0.29) is 11.7 Å². The van der Waals surface area contributed by atoms with Crippen LogP contribution in [0.1, 0.15) is 18.5 Å². The molecule has 1 N–H and O–H groups in total. The molecule has 0 aliphatic rings. The molecular weight excluding hydrogens is 352 g/mol. The summed E-state index contributed by atoms with van der Waals surface area (Å²) in [5.74, 6) is 0. The molecule has 2 aromatic rings. The van der Waals surface area contributed by atoms with Gasteiger partial charge in [-0.3, -0.25) is 10.1 Å². The SMILES string of the molecule is CSc1ccc(C(C)Nc2cc([N+](=O)[O-])ccc2Br)cc1. The van der Waals surface area contributed by atoms with Gasteiger partial charge in [-0.1, -0.05) is 12.1 Å². The average molecular weight is 367 g/mol. The number of thioether (sulfide) groups is 1. The van der Waals surface area contributed by atoms with E-state index in [2.05, 4.69) is 45.5 Å². The number of nitro groups is 1. The normalized spacial score (nSPS) is 12.0. The van der Waals surface area contributed by atoms with Gasteiger partial charge in [0, 0.05) is 27.5 Å². The van der Waals surface area contributed by atoms with Crippen molar-refractivity contribution in [2.24, 2.45) is 0 Å². The van der Waals surface area contributed by atoms with Crippen molar-refractivity contribution in [1.29, 1.82) is 0 Å². The Morgan fingerprint density at radius 1 is 1.24 bits per heavy atom. The molecule has 21 heavy (non-hydrogen) atoms. The molecule has 1 atom stereocenters. The van der Waals surface area contributed by atoms with Crippen LogP contribution in [0.2, 0.25) is 0 Å². The van der Waals surface area contributed by atoms with Gasteiger partial charge in [0.2, 0.25) is 0 Å². The summed E-state index contributed by atoms with van der Waals surface area (Å²) < 4.78 is 0.806. The molecule has 0 fully saturated rings. The van der Waals surface area contributed by atoms with Gasteiger partial charge in [-0.05, 0) is 52.9 Å². The quantitative estimate of drug-likeness (QED) is 0.445. The third-order valence-corrected chi connectivity index (χ3v) is 4.58. The van der Waals surface area contributed by atoms with E-state index < -0.39 is 4.92 Å². The molecule has 0 saturated carbocycles. The van der Waals surface area contributed by atoms with Gasteiger partial charge in [-0.15, -0.1) is 11.8 Å². The van der Waals surface area contributed by atoms with Crippen LogP contribution >= 0.6 is 27.7 Å². The molecule has 0 radical (unpaired) electrons. The number of hydrogen-bond donors (Lipinski definition) is 1. The predicted molar refractivity (Wildman–Crippen MR) is 91.1 cm³/mol. The standard InChI is InChI=1S/C15H15BrN2O2S/c1-10(11-3-6-13(21-2)7-4-11)17-15-9-12(18(19)20)5-8-14(15)16/h3-10,17H,1-2H3. The first-order valence-corrected chi connectivity index (χ1v) is 8.37. The molecular formula is C15H15BrN2O2S. The van der Waals surface area contributed by atoms with Crippen molar-refractivity contribution in [3.63, 3.8) is 0 Å². The van der Waals surface area contributed by atoms with Crippen molar-refractivity contribution in [3.8, 4) is 0 Å². The monoisotopic (exact) mass is 366 g/mol. The molecule has 0 aliphatic carbocycles. The molecule has 0 aromatic heterocycles. The van der Waals surface area contributed by atoms with Crippen LogP contribution in [0.4, 0.5) is 11.4 Å². The number of rotatable bonds is 5. The lowest BCUT2D eigenvalue weighted by molar-refractivity contribution is -0.384. The van der Waals surface area contributed by atoms with Crippen molar-refractivity contribution < 1.29 is 4.92 Å². The first-order chi connectivity index (χ1) is 10.0. The Labute approximate surface area is 136 Å². The summed E-state index contributed by atoms with van der Waals surface area (Å²) in [7, 11) is 0. The van der Waals surface area contributed by atoms with Crippen molar-refractivity contribution in [2.75, 3.05) is 11.6 Å². The Bertz CT molecular complexity index is 647. The van der Waals surface area contributed by atoms with Crippen LogP contribution in [0.15, 0.2) is 51.8 Å². The summed E-state index contributed by atoms with van der Waals surface area (Å²) in [6.45, 7) is 2.03. The number of hydrogen-bond acceptors (Lipinski definition) is 4. The van der Waals surface area contributed by atoms with Gasteiger partial charge in [0.25, 0.3) is 5.69 Å². The third kappa shape index (κ3) is 3.98. The first-order valence-electron chi connectivity index (χ1n) is 6.35. The minimum atomic E-state index is -0.393. The number of nitrogens with zero attached hydrogens (tertiary/aromatic N) is 1. The summed E-state index contributed by atoms with van der Waals surface area (Å²) in [5, 5.41) is 14.2. The van der Waals surface area contributed by atoms with Crippen molar-refractivity contribution in [1.82, 2.24) is 0 Å². The Morgan fingerprint density at radius 2 is 1.90 bits per heavy atom. The first kappa shape index (κ1) is 15.9. The number of halogens is 1. The summed E-state index contributed by atoms with van der Waals surface area (Å²) in [6, 6.07) is 13.0. The van der Waals surface area contributed by atoms with E-state index in [1.54, 1.807) is 17.8 Å². The van der Waals surface area contributed by atoms with Crippen molar-refractivity contribution in [2.45, 2.75) is 17.9 Å². The van der Waals surface area contributed by atoms with Gasteiger partial charge in [-0.2, -0.15) is 0 Å². The highest BCUT2D eigenvalue weighted by atomic mass is 79.9. The molecule has 0 amide bonds. The number of non-ortho nitro benzene ring substituents is 1. The molecule has 6 heteroatoms.